The summed E-state index contributed by atoms with van der Waals surface area (Å²) in [5.74, 6) is 0.770. The Hall–Kier alpha value is -1.22. The molecule has 0 saturated heterocycles. The van der Waals surface area contributed by atoms with E-state index in [-0.39, 0.29) is 0 Å². The molecule has 1 aromatic rings. The molecule has 0 bridgehead atoms. The average Bonchev–Trinajstić information content (AvgIpc) is 2.49. The summed E-state index contributed by atoms with van der Waals surface area (Å²) in [6.45, 7) is 8.19. The highest BCUT2D eigenvalue weighted by molar-refractivity contribution is 5.54. The summed E-state index contributed by atoms with van der Waals surface area (Å²) in [4.78, 5) is 2.61. The largest absolute Gasteiger partial charge is 0.495 e. The first-order valence-corrected chi connectivity index (χ1v) is 8.36. The molecule has 120 valence electrons. The molecule has 0 aliphatic heterocycles. The van der Waals surface area contributed by atoms with Crippen LogP contribution in [-0.4, -0.2) is 31.6 Å². The van der Waals surface area contributed by atoms with Gasteiger partial charge in [0, 0.05) is 0 Å². The van der Waals surface area contributed by atoms with Crippen LogP contribution >= 0.6 is 0 Å². The van der Waals surface area contributed by atoms with E-state index in [9.17, 15) is 0 Å². The van der Waals surface area contributed by atoms with Crippen molar-refractivity contribution < 1.29 is 4.74 Å². The molecule has 0 unspecified atom stereocenters. The number of benzene rings is 1. The zero-order valence-electron chi connectivity index (χ0n) is 14.0. The van der Waals surface area contributed by atoms with Crippen LogP contribution in [0.3, 0.4) is 0 Å². The number of hydrogen-bond donors (Lipinski definition) is 1. The molecule has 3 nitrogen and oxygen atoms in total. The fourth-order valence-electron chi connectivity index (χ4n) is 2.54. The summed E-state index contributed by atoms with van der Waals surface area (Å²) in [5.41, 5.74) is 8.00. The van der Waals surface area contributed by atoms with E-state index in [0.29, 0.717) is 0 Å². The lowest BCUT2D eigenvalue weighted by Gasteiger charge is -2.21. The maximum absolute atomic E-state index is 5.96. The maximum Gasteiger partial charge on any atom is 0.141 e. The number of methoxy groups -OCH3 is 1. The first kappa shape index (κ1) is 17.8. The standard InChI is InChI=1S/C18H32N2O/c1-4-6-12-20(13-7-5-2)14-8-9-16-10-11-18(21-3)17(19)15-16/h10-11,15H,4-9,12-14,19H2,1-3H3. The number of hydrogen-bond acceptors (Lipinski definition) is 3. The second kappa shape index (κ2) is 10.5. The van der Waals surface area contributed by atoms with E-state index in [4.69, 9.17) is 10.5 Å². The smallest absolute Gasteiger partial charge is 0.141 e. The number of nitrogens with two attached hydrogens (primary N) is 1. The van der Waals surface area contributed by atoms with Crippen LogP contribution in [-0.2, 0) is 6.42 Å². The summed E-state index contributed by atoms with van der Waals surface area (Å²) >= 11 is 0. The molecule has 0 aromatic heterocycles. The van der Waals surface area contributed by atoms with Crippen molar-refractivity contribution >= 4 is 5.69 Å². The Balaban J connectivity index is 2.39. The molecule has 2 N–H and O–H groups in total. The van der Waals surface area contributed by atoms with Crippen LogP contribution in [0.5, 0.6) is 5.75 Å². The molecule has 3 heteroatoms. The van der Waals surface area contributed by atoms with E-state index in [0.717, 1.165) is 17.9 Å². The molecule has 1 rings (SSSR count). The summed E-state index contributed by atoms with van der Waals surface area (Å²) in [7, 11) is 1.66. The van der Waals surface area contributed by atoms with Gasteiger partial charge in [0.1, 0.15) is 5.75 Å². The monoisotopic (exact) mass is 292 g/mol. The van der Waals surface area contributed by atoms with Crippen LogP contribution in [0.4, 0.5) is 5.69 Å². The summed E-state index contributed by atoms with van der Waals surface area (Å²) in [6, 6.07) is 6.13. The van der Waals surface area contributed by atoms with Gasteiger partial charge in [-0.1, -0.05) is 32.8 Å². The van der Waals surface area contributed by atoms with Gasteiger partial charge >= 0.3 is 0 Å². The predicted octanol–water partition coefficient (Wildman–Crippen LogP) is 4.11. The van der Waals surface area contributed by atoms with Crippen molar-refractivity contribution in [3.63, 3.8) is 0 Å². The number of unbranched alkanes of at least 4 members (excludes halogenated alkanes) is 2. The molecule has 0 heterocycles. The van der Waals surface area contributed by atoms with Gasteiger partial charge < -0.3 is 15.4 Å². The third kappa shape index (κ3) is 6.85. The highest BCUT2D eigenvalue weighted by Gasteiger charge is 2.05. The molecule has 0 amide bonds. The number of aryl methyl sites for hydroxylation is 1. The van der Waals surface area contributed by atoms with E-state index >= 15 is 0 Å². The molecule has 0 aliphatic carbocycles. The minimum absolute atomic E-state index is 0.740. The maximum atomic E-state index is 5.96. The van der Waals surface area contributed by atoms with E-state index in [1.807, 2.05) is 12.1 Å². The first-order valence-electron chi connectivity index (χ1n) is 8.36. The molecule has 0 saturated carbocycles. The molecule has 0 aliphatic rings. The van der Waals surface area contributed by atoms with Gasteiger partial charge in [-0.25, -0.2) is 0 Å². The van der Waals surface area contributed by atoms with Crippen molar-refractivity contribution in [1.29, 1.82) is 0 Å². The zero-order chi connectivity index (χ0) is 15.5. The molecule has 0 atom stereocenters. The Morgan fingerprint density at radius 1 is 1.00 bits per heavy atom. The minimum atomic E-state index is 0.740. The SMILES string of the molecule is CCCCN(CCCC)CCCc1ccc(OC)c(N)c1. The minimum Gasteiger partial charge on any atom is -0.495 e. The van der Waals surface area contributed by atoms with Crippen LogP contribution in [0.15, 0.2) is 18.2 Å². The second-order valence-electron chi connectivity index (χ2n) is 5.73. The van der Waals surface area contributed by atoms with E-state index in [1.54, 1.807) is 7.11 Å². The quantitative estimate of drug-likeness (QED) is 0.624. The van der Waals surface area contributed by atoms with Gasteiger partial charge in [0.05, 0.1) is 12.8 Å². The number of nitrogen functional groups attached to an aromatic ring is 1. The lowest BCUT2D eigenvalue weighted by atomic mass is 10.1. The molecule has 0 spiro atoms. The molecule has 0 radical (unpaired) electrons. The number of ether oxygens (including phenoxy) is 1. The topological polar surface area (TPSA) is 38.5 Å². The molecule has 0 fully saturated rings. The normalized spacial score (nSPS) is 11.0. The second-order valence-corrected chi connectivity index (χ2v) is 5.73. The van der Waals surface area contributed by atoms with Crippen LogP contribution in [0.2, 0.25) is 0 Å². The molecule has 1 aromatic carbocycles. The highest BCUT2D eigenvalue weighted by Crippen LogP contribution is 2.22. The van der Waals surface area contributed by atoms with Gasteiger partial charge in [0.15, 0.2) is 0 Å². The van der Waals surface area contributed by atoms with Crippen molar-refractivity contribution in [2.75, 3.05) is 32.5 Å². The fourth-order valence-corrected chi connectivity index (χ4v) is 2.54. The van der Waals surface area contributed by atoms with Gasteiger partial charge in [-0.15, -0.1) is 0 Å². The molecular formula is C18H32N2O. The van der Waals surface area contributed by atoms with Crippen molar-refractivity contribution in [3.8, 4) is 5.75 Å². The van der Waals surface area contributed by atoms with Crippen LogP contribution in [0.1, 0.15) is 51.5 Å². The first-order chi connectivity index (χ1) is 10.2. The summed E-state index contributed by atoms with van der Waals surface area (Å²) in [6.07, 6.45) is 7.44. The Labute approximate surface area is 130 Å². The Morgan fingerprint density at radius 3 is 2.14 bits per heavy atom. The van der Waals surface area contributed by atoms with Crippen molar-refractivity contribution in [3.05, 3.63) is 23.8 Å². The lowest BCUT2D eigenvalue weighted by molar-refractivity contribution is 0.262. The van der Waals surface area contributed by atoms with Crippen LogP contribution in [0.25, 0.3) is 0 Å². The van der Waals surface area contributed by atoms with Crippen LogP contribution < -0.4 is 10.5 Å². The van der Waals surface area contributed by atoms with Crippen LogP contribution in [0, 0.1) is 0 Å². The summed E-state index contributed by atoms with van der Waals surface area (Å²) in [5, 5.41) is 0. The number of anilines is 1. The van der Waals surface area contributed by atoms with E-state index < -0.39 is 0 Å². The van der Waals surface area contributed by atoms with Gasteiger partial charge in [0.2, 0.25) is 0 Å². The molecular weight excluding hydrogens is 260 g/mol. The predicted molar refractivity (Wildman–Crippen MR) is 92.0 cm³/mol. The van der Waals surface area contributed by atoms with Gasteiger partial charge in [-0.05, 0) is 63.0 Å². The van der Waals surface area contributed by atoms with Crippen molar-refractivity contribution in [2.45, 2.75) is 52.4 Å². The highest BCUT2D eigenvalue weighted by atomic mass is 16.5. The van der Waals surface area contributed by atoms with Crippen molar-refractivity contribution in [1.82, 2.24) is 4.90 Å². The Bertz CT molecular complexity index is 385. The third-order valence-electron chi connectivity index (χ3n) is 3.89. The lowest BCUT2D eigenvalue weighted by Crippen LogP contribution is -2.27. The zero-order valence-corrected chi connectivity index (χ0v) is 14.0. The summed E-state index contributed by atoms with van der Waals surface area (Å²) < 4.78 is 5.20. The Morgan fingerprint density at radius 2 is 1.62 bits per heavy atom. The van der Waals surface area contributed by atoms with Gasteiger partial charge in [0.25, 0.3) is 0 Å². The fraction of sp³-hybridized carbons (Fsp3) is 0.667. The van der Waals surface area contributed by atoms with Crippen molar-refractivity contribution in [2.24, 2.45) is 0 Å². The number of nitrogens with zero attached hydrogens (tertiary/aromatic N) is 1. The average molecular weight is 292 g/mol. The Kier molecular flexibility index (Phi) is 8.91. The number of rotatable bonds is 11. The van der Waals surface area contributed by atoms with E-state index in [1.165, 1.54) is 57.3 Å². The van der Waals surface area contributed by atoms with E-state index in [2.05, 4.69) is 24.8 Å². The van der Waals surface area contributed by atoms with Gasteiger partial charge in [-0.2, -0.15) is 0 Å². The van der Waals surface area contributed by atoms with Gasteiger partial charge in [-0.3, -0.25) is 0 Å². The third-order valence-corrected chi connectivity index (χ3v) is 3.89. The molecule has 21 heavy (non-hydrogen) atoms.